The summed E-state index contributed by atoms with van der Waals surface area (Å²) in [7, 11) is 0. The molecule has 0 saturated carbocycles. The Morgan fingerprint density at radius 2 is 1.81 bits per heavy atom. The number of unbranched alkanes of at least 4 members (excludes halogenated alkanes) is 4. The predicted octanol–water partition coefficient (Wildman–Crippen LogP) is 4.33. The van der Waals surface area contributed by atoms with Crippen LogP contribution in [0.4, 0.5) is 0 Å². The monoisotopic (exact) mass is 350 g/mol. The van der Waals surface area contributed by atoms with Crippen LogP contribution >= 0.6 is 0 Å². The van der Waals surface area contributed by atoms with Crippen molar-refractivity contribution in [3.05, 3.63) is 60.2 Å². The lowest BCUT2D eigenvalue weighted by Gasteiger charge is -2.10. The molecule has 5 nitrogen and oxygen atoms in total. The third kappa shape index (κ3) is 4.48. The van der Waals surface area contributed by atoms with Gasteiger partial charge in [0.2, 0.25) is 0 Å². The minimum absolute atomic E-state index is 0.103. The van der Waals surface area contributed by atoms with Crippen LogP contribution in [0.5, 0.6) is 0 Å². The molecule has 0 saturated heterocycles. The smallest absolute Gasteiger partial charge is 0.251 e. The number of benzene rings is 1. The molecule has 26 heavy (non-hydrogen) atoms. The third-order valence-corrected chi connectivity index (χ3v) is 4.57. The fraction of sp³-hybridized carbons (Fsp3) is 0.381. The van der Waals surface area contributed by atoms with Crippen LogP contribution in [0.1, 0.15) is 55.2 Å². The number of amides is 1. The Kier molecular flexibility index (Phi) is 6.36. The van der Waals surface area contributed by atoms with E-state index < -0.39 is 0 Å². The Balaban J connectivity index is 1.70. The first kappa shape index (κ1) is 18.1. The minimum atomic E-state index is -0.103. The molecule has 1 amide bonds. The van der Waals surface area contributed by atoms with Crippen LogP contribution < -0.4 is 5.32 Å². The summed E-state index contributed by atoms with van der Waals surface area (Å²) in [4.78, 5) is 21.0. The Morgan fingerprint density at radius 1 is 1.04 bits per heavy atom. The Bertz CT molecular complexity index is 842. The number of carbonyl (C=O) groups excluding carboxylic acids is 1. The van der Waals surface area contributed by atoms with Crippen LogP contribution in [0.15, 0.2) is 48.8 Å². The molecule has 2 aromatic heterocycles. The van der Waals surface area contributed by atoms with E-state index in [0.717, 1.165) is 29.8 Å². The number of pyridine rings is 1. The molecule has 0 aliphatic heterocycles. The van der Waals surface area contributed by atoms with E-state index in [1.54, 1.807) is 24.5 Å². The number of hydrogen-bond donors (Lipinski definition) is 1. The highest BCUT2D eigenvalue weighted by Crippen LogP contribution is 2.17. The maximum absolute atomic E-state index is 12.3. The highest BCUT2D eigenvalue weighted by atomic mass is 16.1. The molecule has 3 rings (SSSR count). The summed E-state index contributed by atoms with van der Waals surface area (Å²) in [6.45, 7) is 3.59. The first-order chi connectivity index (χ1) is 12.8. The Hall–Kier alpha value is -2.69. The van der Waals surface area contributed by atoms with Gasteiger partial charge in [-0.3, -0.25) is 9.78 Å². The van der Waals surface area contributed by atoms with Gasteiger partial charge in [-0.2, -0.15) is 0 Å². The summed E-state index contributed by atoms with van der Waals surface area (Å²) < 4.78 is 2.24. The number of aryl methyl sites for hydroxylation is 1. The van der Waals surface area contributed by atoms with Gasteiger partial charge in [-0.1, -0.05) is 44.7 Å². The van der Waals surface area contributed by atoms with Gasteiger partial charge in [0.05, 0.1) is 17.6 Å². The zero-order valence-corrected chi connectivity index (χ0v) is 15.3. The number of fused-ring (bicyclic) bond motifs is 1. The minimum Gasteiger partial charge on any atom is -0.345 e. The fourth-order valence-corrected chi connectivity index (χ4v) is 3.15. The second kappa shape index (κ2) is 9.13. The van der Waals surface area contributed by atoms with Crippen molar-refractivity contribution in [2.45, 2.75) is 52.1 Å². The van der Waals surface area contributed by atoms with Crippen LogP contribution in [-0.2, 0) is 13.1 Å². The molecule has 1 N–H and O–H groups in total. The first-order valence-electron chi connectivity index (χ1n) is 9.42. The van der Waals surface area contributed by atoms with Gasteiger partial charge >= 0.3 is 0 Å². The van der Waals surface area contributed by atoms with Crippen LogP contribution in [0, 0.1) is 0 Å². The second-order valence-corrected chi connectivity index (χ2v) is 6.50. The quantitative estimate of drug-likeness (QED) is 0.584. The molecule has 0 radical (unpaired) electrons. The van der Waals surface area contributed by atoms with Crippen LogP contribution in [0.25, 0.3) is 11.0 Å². The SMILES string of the molecule is CCCCCCCn1c(CNC(=O)c2ccncc2)nc2ccccc21. The largest absolute Gasteiger partial charge is 0.345 e. The summed E-state index contributed by atoms with van der Waals surface area (Å²) in [5, 5.41) is 2.98. The van der Waals surface area contributed by atoms with Gasteiger partial charge in [0, 0.05) is 24.5 Å². The van der Waals surface area contributed by atoms with Gasteiger partial charge in [0.15, 0.2) is 0 Å². The third-order valence-electron chi connectivity index (χ3n) is 4.57. The molecule has 5 heteroatoms. The molecule has 2 heterocycles. The molecule has 0 spiro atoms. The number of aromatic nitrogens is 3. The number of para-hydroxylation sites is 2. The first-order valence-corrected chi connectivity index (χ1v) is 9.42. The van der Waals surface area contributed by atoms with E-state index in [0.29, 0.717) is 12.1 Å². The van der Waals surface area contributed by atoms with E-state index in [9.17, 15) is 4.79 Å². The lowest BCUT2D eigenvalue weighted by molar-refractivity contribution is 0.0949. The number of hydrogen-bond acceptors (Lipinski definition) is 3. The lowest BCUT2D eigenvalue weighted by Crippen LogP contribution is -2.24. The van der Waals surface area contributed by atoms with Crippen molar-refractivity contribution in [2.24, 2.45) is 0 Å². The molecule has 0 aliphatic carbocycles. The van der Waals surface area contributed by atoms with Crippen molar-refractivity contribution in [3.8, 4) is 0 Å². The van der Waals surface area contributed by atoms with Gasteiger partial charge in [-0.15, -0.1) is 0 Å². The number of rotatable bonds is 9. The second-order valence-electron chi connectivity index (χ2n) is 6.50. The van der Waals surface area contributed by atoms with Crippen molar-refractivity contribution in [1.29, 1.82) is 0 Å². The molecule has 0 atom stereocenters. The maximum Gasteiger partial charge on any atom is 0.251 e. The maximum atomic E-state index is 12.3. The normalized spacial score (nSPS) is 11.0. The molecule has 136 valence electrons. The molecule has 0 fully saturated rings. The van der Waals surface area contributed by atoms with Crippen LogP contribution in [0.2, 0.25) is 0 Å². The van der Waals surface area contributed by atoms with Gasteiger partial charge in [-0.25, -0.2) is 4.98 Å². The summed E-state index contributed by atoms with van der Waals surface area (Å²) in [5.74, 6) is 0.804. The molecule has 0 aliphatic rings. The summed E-state index contributed by atoms with van der Waals surface area (Å²) in [6.07, 6.45) is 9.42. The number of carbonyl (C=O) groups is 1. The van der Waals surface area contributed by atoms with Gasteiger partial charge in [0.25, 0.3) is 5.91 Å². The fourth-order valence-electron chi connectivity index (χ4n) is 3.15. The van der Waals surface area contributed by atoms with Crippen molar-refractivity contribution < 1.29 is 4.79 Å². The molecule has 0 bridgehead atoms. The van der Waals surface area contributed by atoms with E-state index in [2.05, 4.69) is 27.9 Å². The van der Waals surface area contributed by atoms with Crippen LogP contribution in [0.3, 0.4) is 0 Å². The Labute approximate surface area is 154 Å². The summed E-state index contributed by atoms with van der Waals surface area (Å²) >= 11 is 0. The van der Waals surface area contributed by atoms with Crippen molar-refractivity contribution in [1.82, 2.24) is 19.9 Å². The summed E-state index contributed by atoms with van der Waals surface area (Å²) in [6, 6.07) is 11.6. The van der Waals surface area contributed by atoms with Gasteiger partial charge in [0.1, 0.15) is 5.82 Å². The zero-order valence-electron chi connectivity index (χ0n) is 15.3. The van der Waals surface area contributed by atoms with Crippen molar-refractivity contribution in [2.75, 3.05) is 0 Å². The van der Waals surface area contributed by atoms with E-state index in [1.165, 1.54) is 25.7 Å². The highest BCUT2D eigenvalue weighted by molar-refractivity contribution is 5.93. The standard InChI is InChI=1S/C21H26N4O/c1-2-3-4-5-8-15-25-19-10-7-6-9-18(19)24-20(25)16-23-21(26)17-11-13-22-14-12-17/h6-7,9-14H,2-5,8,15-16H2,1H3,(H,23,26). The zero-order chi connectivity index (χ0) is 18.2. The lowest BCUT2D eigenvalue weighted by atomic mass is 10.1. The average Bonchev–Trinajstić information content (AvgIpc) is 3.04. The van der Waals surface area contributed by atoms with Crippen molar-refractivity contribution >= 4 is 16.9 Å². The molecule has 3 aromatic rings. The molecular weight excluding hydrogens is 324 g/mol. The highest BCUT2D eigenvalue weighted by Gasteiger charge is 2.12. The molecule has 1 aromatic carbocycles. The van der Waals surface area contributed by atoms with E-state index in [1.807, 2.05) is 18.2 Å². The topological polar surface area (TPSA) is 59.8 Å². The van der Waals surface area contributed by atoms with E-state index in [4.69, 9.17) is 4.98 Å². The van der Waals surface area contributed by atoms with Gasteiger partial charge in [-0.05, 0) is 30.7 Å². The van der Waals surface area contributed by atoms with Gasteiger partial charge < -0.3 is 9.88 Å². The molecular formula is C21H26N4O. The number of nitrogens with zero attached hydrogens (tertiary/aromatic N) is 3. The number of nitrogens with one attached hydrogen (secondary N) is 1. The Morgan fingerprint density at radius 3 is 2.62 bits per heavy atom. The predicted molar refractivity (Wildman–Crippen MR) is 104 cm³/mol. The van der Waals surface area contributed by atoms with E-state index in [-0.39, 0.29) is 5.91 Å². The summed E-state index contributed by atoms with van der Waals surface area (Å²) in [5.41, 5.74) is 2.73. The van der Waals surface area contributed by atoms with Crippen LogP contribution in [-0.4, -0.2) is 20.4 Å². The van der Waals surface area contributed by atoms with E-state index >= 15 is 0 Å². The number of imidazole rings is 1. The average molecular weight is 350 g/mol. The molecule has 0 unspecified atom stereocenters. The van der Waals surface area contributed by atoms with Crippen molar-refractivity contribution in [3.63, 3.8) is 0 Å².